The summed E-state index contributed by atoms with van der Waals surface area (Å²) in [7, 11) is 0. The summed E-state index contributed by atoms with van der Waals surface area (Å²) >= 11 is 0. The molecule has 0 aliphatic carbocycles. The molecule has 1 N–H and O–H groups in total. The third kappa shape index (κ3) is 4.43. The average molecular weight is 460 g/mol. The minimum Gasteiger partial charge on any atom is -0.486 e. The van der Waals surface area contributed by atoms with Crippen LogP contribution in [-0.4, -0.2) is 37.6 Å². The van der Waals surface area contributed by atoms with Crippen LogP contribution in [-0.2, 0) is 9.59 Å². The van der Waals surface area contributed by atoms with E-state index in [1.807, 2.05) is 18.2 Å². The van der Waals surface area contributed by atoms with Crippen molar-refractivity contribution in [1.29, 1.82) is 0 Å². The fourth-order valence-corrected chi connectivity index (χ4v) is 3.74. The number of halogens is 1. The molecule has 2 aliphatic heterocycles. The molecule has 3 aromatic carbocycles. The summed E-state index contributed by atoms with van der Waals surface area (Å²) in [6.07, 6.45) is 0.978. The fraction of sp³-hybridized carbons (Fsp3) is 0.154. The Morgan fingerprint density at radius 3 is 2.53 bits per heavy atom. The molecule has 5 rings (SSSR count). The van der Waals surface area contributed by atoms with Crippen molar-refractivity contribution in [3.05, 3.63) is 89.9 Å². The molecule has 2 aliphatic rings. The Bertz CT molecular complexity index is 1280. The minimum atomic E-state index is -0.539. The van der Waals surface area contributed by atoms with Crippen LogP contribution in [0.5, 0.6) is 17.2 Å². The van der Waals surface area contributed by atoms with Crippen molar-refractivity contribution in [3.8, 4) is 17.2 Å². The molecule has 0 unspecified atom stereocenters. The highest BCUT2D eigenvalue weighted by Crippen LogP contribution is 2.35. The van der Waals surface area contributed by atoms with Crippen molar-refractivity contribution in [2.45, 2.75) is 6.10 Å². The van der Waals surface area contributed by atoms with Crippen molar-refractivity contribution in [1.82, 2.24) is 5.32 Å². The summed E-state index contributed by atoms with van der Waals surface area (Å²) in [5.41, 5.74) is 0.670. The van der Waals surface area contributed by atoms with E-state index in [0.717, 1.165) is 0 Å². The Hall–Kier alpha value is -4.33. The lowest BCUT2D eigenvalue weighted by atomic mass is 10.1. The molecule has 0 aromatic heterocycles. The predicted octanol–water partition coefficient (Wildman–Crippen LogP) is 3.55. The third-order valence-corrected chi connectivity index (χ3v) is 5.42. The van der Waals surface area contributed by atoms with Gasteiger partial charge in [0.1, 0.15) is 25.1 Å². The summed E-state index contributed by atoms with van der Waals surface area (Å²) in [5.74, 6) is 0.213. The molecule has 1 atom stereocenters. The Labute approximate surface area is 195 Å². The Morgan fingerprint density at radius 1 is 1.00 bits per heavy atom. The lowest BCUT2D eigenvalue weighted by Gasteiger charge is -2.30. The zero-order chi connectivity index (χ0) is 23.5. The van der Waals surface area contributed by atoms with E-state index in [9.17, 15) is 14.0 Å². The van der Waals surface area contributed by atoms with Crippen molar-refractivity contribution in [3.63, 3.8) is 0 Å². The number of ether oxygens (including phenoxy) is 3. The molecule has 2 heterocycles. The number of hydrogen-bond donors (Lipinski definition) is 1. The number of fused-ring (bicyclic) bond motifs is 2. The van der Waals surface area contributed by atoms with E-state index >= 15 is 0 Å². The smallest absolute Gasteiger partial charge is 0.294 e. The number of para-hydroxylation sites is 4. The maximum Gasteiger partial charge on any atom is 0.294 e. The maximum atomic E-state index is 14.1. The molecular formula is C26H21FN2O5. The fourth-order valence-electron chi connectivity index (χ4n) is 3.74. The van der Waals surface area contributed by atoms with E-state index in [1.165, 1.54) is 17.0 Å². The molecule has 8 heteroatoms. The Kier molecular flexibility index (Phi) is 5.86. The van der Waals surface area contributed by atoms with Crippen LogP contribution in [0.15, 0.2) is 78.6 Å². The number of nitrogens with one attached hydrogen (secondary N) is 1. The molecule has 0 spiro atoms. The van der Waals surface area contributed by atoms with E-state index in [2.05, 4.69) is 5.32 Å². The lowest BCUT2D eigenvalue weighted by molar-refractivity contribution is -0.123. The number of anilines is 1. The molecule has 0 bridgehead atoms. The average Bonchev–Trinajstić information content (AvgIpc) is 2.86. The highest BCUT2D eigenvalue weighted by molar-refractivity contribution is 6.12. The number of hydrogen-bond acceptors (Lipinski definition) is 5. The molecule has 172 valence electrons. The highest BCUT2D eigenvalue weighted by atomic mass is 19.1. The minimum absolute atomic E-state index is 0.0720. The normalized spacial score (nSPS) is 17.7. The van der Waals surface area contributed by atoms with Crippen molar-refractivity contribution < 1.29 is 28.2 Å². The molecule has 0 saturated carbocycles. The monoisotopic (exact) mass is 460 g/mol. The van der Waals surface area contributed by atoms with E-state index in [0.29, 0.717) is 29.5 Å². The van der Waals surface area contributed by atoms with Crippen LogP contribution < -0.4 is 24.4 Å². The van der Waals surface area contributed by atoms with Gasteiger partial charge in [-0.3, -0.25) is 14.5 Å². The first-order valence-electron chi connectivity index (χ1n) is 10.8. The molecule has 2 amide bonds. The van der Waals surface area contributed by atoms with E-state index in [4.69, 9.17) is 14.2 Å². The van der Waals surface area contributed by atoms with Crippen LogP contribution in [0.25, 0.3) is 6.08 Å². The summed E-state index contributed by atoms with van der Waals surface area (Å²) in [4.78, 5) is 27.2. The van der Waals surface area contributed by atoms with Crippen LogP contribution in [0.1, 0.15) is 5.56 Å². The van der Waals surface area contributed by atoms with Gasteiger partial charge in [0.15, 0.2) is 23.0 Å². The topological polar surface area (TPSA) is 77.1 Å². The summed E-state index contributed by atoms with van der Waals surface area (Å²) < 4.78 is 31.4. The van der Waals surface area contributed by atoms with Gasteiger partial charge >= 0.3 is 0 Å². The quantitative estimate of drug-likeness (QED) is 0.590. The van der Waals surface area contributed by atoms with Gasteiger partial charge in [0.2, 0.25) is 5.91 Å². The first-order chi connectivity index (χ1) is 16.6. The summed E-state index contributed by atoms with van der Waals surface area (Å²) in [5, 5.41) is 2.80. The molecule has 34 heavy (non-hydrogen) atoms. The second kappa shape index (κ2) is 9.27. The van der Waals surface area contributed by atoms with Crippen LogP contribution in [0.4, 0.5) is 10.1 Å². The van der Waals surface area contributed by atoms with Gasteiger partial charge in [-0.05, 0) is 36.4 Å². The highest BCUT2D eigenvalue weighted by Gasteiger charge is 2.32. The number of amides is 2. The van der Waals surface area contributed by atoms with E-state index < -0.39 is 11.7 Å². The third-order valence-electron chi connectivity index (χ3n) is 5.42. The lowest BCUT2D eigenvalue weighted by Crippen LogP contribution is -2.47. The maximum absolute atomic E-state index is 14.1. The largest absolute Gasteiger partial charge is 0.486 e. The van der Waals surface area contributed by atoms with E-state index in [-0.39, 0.29) is 36.4 Å². The van der Waals surface area contributed by atoms with Gasteiger partial charge in [-0.1, -0.05) is 42.5 Å². The van der Waals surface area contributed by atoms with Gasteiger partial charge in [0.05, 0.1) is 12.2 Å². The number of nitrogens with zero attached hydrogens (tertiary/aromatic N) is 1. The van der Waals surface area contributed by atoms with Crippen molar-refractivity contribution >= 4 is 23.6 Å². The summed E-state index contributed by atoms with van der Waals surface area (Å²) in [6.45, 7) is 0.273. The van der Waals surface area contributed by atoms with Gasteiger partial charge in [0.25, 0.3) is 5.91 Å². The number of rotatable bonds is 5. The molecule has 0 radical (unpaired) electrons. The number of carbonyl (C=O) groups excluding carboxylic acids is 2. The van der Waals surface area contributed by atoms with Crippen molar-refractivity contribution in [2.24, 2.45) is 0 Å². The second-order valence-electron chi connectivity index (χ2n) is 7.79. The SMILES string of the molecule is O=C(CN1C(=O)/C(=C/c2ccccc2F)Oc2ccccc21)NC[C@H]1COc2ccccc2O1. The van der Waals surface area contributed by atoms with Crippen LogP contribution >= 0.6 is 0 Å². The molecule has 7 nitrogen and oxygen atoms in total. The van der Waals surface area contributed by atoms with Crippen LogP contribution in [0, 0.1) is 5.82 Å². The van der Waals surface area contributed by atoms with Gasteiger partial charge < -0.3 is 19.5 Å². The predicted molar refractivity (Wildman–Crippen MR) is 123 cm³/mol. The first kappa shape index (κ1) is 21.5. The molecule has 3 aromatic rings. The number of carbonyl (C=O) groups is 2. The zero-order valence-corrected chi connectivity index (χ0v) is 18.1. The van der Waals surface area contributed by atoms with Gasteiger partial charge in [-0.25, -0.2) is 4.39 Å². The number of benzene rings is 3. The molecular weight excluding hydrogens is 439 g/mol. The summed E-state index contributed by atoms with van der Waals surface area (Å²) in [6, 6.07) is 20.3. The molecule has 0 fully saturated rings. The standard InChI is InChI=1S/C26H21FN2O5/c27-19-8-2-1-7-17(19)13-24-26(31)29(20-9-3-4-10-21(20)34-24)15-25(30)28-14-18-16-32-22-11-5-6-12-23(22)33-18/h1-13,18H,14-16H2,(H,28,30)/b24-13-/t18-/m0/s1. The second-order valence-corrected chi connectivity index (χ2v) is 7.79. The van der Waals surface area contributed by atoms with Gasteiger partial charge in [0, 0.05) is 5.56 Å². The van der Waals surface area contributed by atoms with Crippen LogP contribution in [0.3, 0.4) is 0 Å². The van der Waals surface area contributed by atoms with Gasteiger partial charge in [-0.2, -0.15) is 0 Å². The van der Waals surface area contributed by atoms with Crippen molar-refractivity contribution in [2.75, 3.05) is 24.6 Å². The Balaban J connectivity index is 1.29. The molecule has 0 saturated heterocycles. The first-order valence-corrected chi connectivity index (χ1v) is 10.8. The van der Waals surface area contributed by atoms with Gasteiger partial charge in [-0.15, -0.1) is 0 Å². The van der Waals surface area contributed by atoms with E-state index in [1.54, 1.807) is 48.5 Å². The zero-order valence-electron chi connectivity index (χ0n) is 18.1. The Morgan fingerprint density at radius 2 is 1.71 bits per heavy atom. The van der Waals surface area contributed by atoms with Crippen LogP contribution in [0.2, 0.25) is 0 Å².